The van der Waals surface area contributed by atoms with E-state index in [0.717, 1.165) is 18.9 Å². The Morgan fingerprint density at radius 1 is 1.32 bits per heavy atom. The number of benzene rings is 1. The second-order valence-electron chi connectivity index (χ2n) is 4.26. The molecule has 0 saturated carbocycles. The van der Waals surface area contributed by atoms with Gasteiger partial charge in [-0.15, -0.1) is 0 Å². The Kier molecular flexibility index (Phi) is 7.25. The van der Waals surface area contributed by atoms with Gasteiger partial charge in [0.2, 0.25) is 0 Å². The first-order valence-corrected chi connectivity index (χ1v) is 7.71. The molecule has 0 atom stereocenters. The predicted octanol–water partition coefficient (Wildman–Crippen LogP) is 4.07. The van der Waals surface area contributed by atoms with Gasteiger partial charge in [-0.25, -0.2) is 4.39 Å². The summed E-state index contributed by atoms with van der Waals surface area (Å²) >= 11 is 1.85. The third-order valence-corrected chi connectivity index (χ3v) is 3.45. The van der Waals surface area contributed by atoms with Gasteiger partial charge in [-0.3, -0.25) is 10.1 Å². The number of halogens is 1. The highest BCUT2D eigenvalue weighted by Crippen LogP contribution is 2.20. The van der Waals surface area contributed by atoms with Gasteiger partial charge in [-0.05, 0) is 30.9 Å². The molecule has 19 heavy (non-hydrogen) atoms. The van der Waals surface area contributed by atoms with Crippen LogP contribution in [0.4, 0.5) is 15.8 Å². The number of nitro groups is 1. The molecule has 0 aliphatic heterocycles. The van der Waals surface area contributed by atoms with Crippen LogP contribution in [0.5, 0.6) is 0 Å². The van der Waals surface area contributed by atoms with Gasteiger partial charge in [0.05, 0.1) is 16.7 Å². The number of hydrogen-bond acceptors (Lipinski definition) is 4. The van der Waals surface area contributed by atoms with E-state index in [9.17, 15) is 14.5 Å². The average Bonchev–Trinajstić information content (AvgIpc) is 2.39. The van der Waals surface area contributed by atoms with Gasteiger partial charge in [-0.2, -0.15) is 11.8 Å². The maximum atomic E-state index is 13.5. The number of rotatable bonds is 9. The van der Waals surface area contributed by atoms with E-state index in [4.69, 9.17) is 0 Å². The van der Waals surface area contributed by atoms with Crippen LogP contribution in [0.3, 0.4) is 0 Å². The zero-order valence-electron chi connectivity index (χ0n) is 11.0. The molecule has 0 aliphatic carbocycles. The molecule has 0 unspecified atom stereocenters. The van der Waals surface area contributed by atoms with Crippen molar-refractivity contribution in [1.82, 2.24) is 0 Å². The molecule has 6 heteroatoms. The largest absolute Gasteiger partial charge is 0.383 e. The van der Waals surface area contributed by atoms with Crippen molar-refractivity contribution in [2.75, 3.05) is 23.9 Å². The lowest BCUT2D eigenvalue weighted by Crippen LogP contribution is -2.03. The fourth-order valence-corrected chi connectivity index (χ4v) is 2.20. The summed E-state index contributed by atoms with van der Waals surface area (Å²) in [7, 11) is 0. The number of thioether (sulfide) groups is 1. The first kappa shape index (κ1) is 15.8. The van der Waals surface area contributed by atoms with E-state index in [1.165, 1.54) is 30.7 Å². The Morgan fingerprint density at radius 2 is 2.05 bits per heavy atom. The van der Waals surface area contributed by atoms with Gasteiger partial charge >= 0.3 is 0 Å². The van der Waals surface area contributed by atoms with E-state index in [1.807, 2.05) is 11.8 Å². The fourth-order valence-electron chi connectivity index (χ4n) is 1.71. The minimum absolute atomic E-state index is 0.222. The van der Waals surface area contributed by atoms with E-state index in [2.05, 4.69) is 11.6 Å². The van der Waals surface area contributed by atoms with Crippen LogP contribution in [0.25, 0.3) is 0 Å². The number of anilines is 1. The van der Waals surface area contributed by atoms with Gasteiger partial charge < -0.3 is 5.32 Å². The molecule has 1 aromatic rings. The molecule has 0 radical (unpaired) electrons. The second-order valence-corrected chi connectivity index (χ2v) is 5.24. The number of unbranched alkanes of at least 4 members (excludes halogenated alkanes) is 3. The summed E-state index contributed by atoms with van der Waals surface area (Å²) in [5.74, 6) is 0.612. The Morgan fingerprint density at radius 3 is 2.68 bits per heavy atom. The average molecular weight is 286 g/mol. The van der Waals surface area contributed by atoms with E-state index in [0.29, 0.717) is 12.2 Å². The molecular formula is C13H19FN2O2S. The zero-order chi connectivity index (χ0) is 14.1. The number of nitrogens with one attached hydrogen (secondary N) is 1. The fraction of sp³-hybridized carbons (Fsp3) is 0.538. The van der Waals surface area contributed by atoms with Crippen molar-refractivity contribution in [2.24, 2.45) is 0 Å². The minimum atomic E-state index is -0.599. The predicted molar refractivity (Wildman–Crippen MR) is 78.4 cm³/mol. The van der Waals surface area contributed by atoms with Crippen LogP contribution < -0.4 is 5.32 Å². The number of nitrogens with zero attached hydrogens (tertiary/aromatic N) is 1. The summed E-state index contributed by atoms with van der Waals surface area (Å²) in [6.07, 6.45) is 6.59. The van der Waals surface area contributed by atoms with Crippen molar-refractivity contribution in [3.63, 3.8) is 0 Å². The first-order valence-electron chi connectivity index (χ1n) is 6.32. The van der Waals surface area contributed by atoms with Crippen LogP contribution in [-0.2, 0) is 0 Å². The smallest absolute Gasteiger partial charge is 0.272 e. The second kappa shape index (κ2) is 8.74. The Hall–Kier alpha value is -1.30. The molecule has 0 fully saturated rings. The van der Waals surface area contributed by atoms with Gasteiger partial charge in [-0.1, -0.05) is 12.8 Å². The lowest BCUT2D eigenvalue weighted by molar-refractivity contribution is -0.385. The summed E-state index contributed by atoms with van der Waals surface area (Å²) in [6.45, 7) is 0.688. The standard InChI is InChI=1S/C13H19FN2O2S/c1-19-9-5-3-2-4-8-15-13-7-6-11(16(17)18)10-12(13)14/h6-7,10,15H,2-5,8-9H2,1H3. The third kappa shape index (κ3) is 5.92. The van der Waals surface area contributed by atoms with Crippen LogP contribution in [-0.4, -0.2) is 23.5 Å². The molecular weight excluding hydrogens is 267 g/mol. The molecule has 0 amide bonds. The van der Waals surface area contributed by atoms with Crippen LogP contribution in [0, 0.1) is 15.9 Å². The summed E-state index contributed by atoms with van der Waals surface area (Å²) in [5.41, 5.74) is 0.106. The third-order valence-electron chi connectivity index (χ3n) is 2.75. The van der Waals surface area contributed by atoms with Crippen molar-refractivity contribution in [1.29, 1.82) is 0 Å². The summed E-state index contributed by atoms with van der Waals surface area (Å²) in [5, 5.41) is 13.4. The normalized spacial score (nSPS) is 10.4. The van der Waals surface area contributed by atoms with Gasteiger partial charge in [0.1, 0.15) is 0 Å². The molecule has 0 aromatic heterocycles. The highest BCUT2D eigenvalue weighted by atomic mass is 32.2. The van der Waals surface area contributed by atoms with Crippen molar-refractivity contribution in [3.05, 3.63) is 34.1 Å². The zero-order valence-corrected chi connectivity index (χ0v) is 11.8. The molecule has 4 nitrogen and oxygen atoms in total. The molecule has 0 heterocycles. The van der Waals surface area contributed by atoms with Crippen molar-refractivity contribution >= 4 is 23.1 Å². The molecule has 1 N–H and O–H groups in total. The first-order chi connectivity index (χ1) is 9.15. The van der Waals surface area contributed by atoms with E-state index < -0.39 is 10.7 Å². The van der Waals surface area contributed by atoms with Crippen LogP contribution in [0.2, 0.25) is 0 Å². The molecule has 106 valence electrons. The molecule has 0 bridgehead atoms. The molecule has 0 saturated heterocycles. The van der Waals surface area contributed by atoms with Gasteiger partial charge in [0.15, 0.2) is 5.82 Å². The number of hydrogen-bond donors (Lipinski definition) is 1. The Bertz CT molecular complexity index is 416. The quantitative estimate of drug-likeness (QED) is 0.422. The van der Waals surface area contributed by atoms with Gasteiger partial charge in [0, 0.05) is 12.6 Å². The van der Waals surface area contributed by atoms with Crippen LogP contribution in [0.1, 0.15) is 25.7 Å². The molecule has 1 aromatic carbocycles. The van der Waals surface area contributed by atoms with Crippen LogP contribution in [0.15, 0.2) is 18.2 Å². The summed E-state index contributed by atoms with van der Waals surface area (Å²) in [4.78, 5) is 9.87. The number of nitro benzene ring substituents is 1. The minimum Gasteiger partial charge on any atom is -0.383 e. The highest BCUT2D eigenvalue weighted by molar-refractivity contribution is 7.98. The highest BCUT2D eigenvalue weighted by Gasteiger charge is 2.09. The summed E-state index contributed by atoms with van der Waals surface area (Å²) < 4.78 is 13.5. The SMILES string of the molecule is CSCCCCCCNc1ccc([N+](=O)[O-])cc1F. The van der Waals surface area contributed by atoms with Crippen molar-refractivity contribution in [3.8, 4) is 0 Å². The van der Waals surface area contributed by atoms with Crippen molar-refractivity contribution in [2.45, 2.75) is 25.7 Å². The molecule has 0 aliphatic rings. The van der Waals surface area contributed by atoms with Crippen molar-refractivity contribution < 1.29 is 9.31 Å². The lowest BCUT2D eigenvalue weighted by Gasteiger charge is -2.07. The maximum absolute atomic E-state index is 13.5. The monoisotopic (exact) mass is 286 g/mol. The van der Waals surface area contributed by atoms with E-state index in [1.54, 1.807) is 0 Å². The van der Waals surface area contributed by atoms with E-state index >= 15 is 0 Å². The van der Waals surface area contributed by atoms with Crippen LogP contribution >= 0.6 is 11.8 Å². The Balaban J connectivity index is 2.28. The molecule has 0 spiro atoms. The topological polar surface area (TPSA) is 55.2 Å². The molecule has 1 rings (SSSR count). The Labute approximate surface area is 116 Å². The lowest BCUT2D eigenvalue weighted by atomic mass is 10.2. The maximum Gasteiger partial charge on any atom is 0.272 e. The van der Waals surface area contributed by atoms with E-state index in [-0.39, 0.29) is 5.69 Å². The summed E-state index contributed by atoms with van der Waals surface area (Å²) in [6, 6.07) is 3.67. The number of non-ortho nitro benzene ring substituents is 1. The van der Waals surface area contributed by atoms with Gasteiger partial charge in [0.25, 0.3) is 5.69 Å².